The Morgan fingerprint density at radius 3 is 2.20 bits per heavy atom. The summed E-state index contributed by atoms with van der Waals surface area (Å²) in [5.41, 5.74) is 1.67. The normalized spacial score (nSPS) is 33.9. The molecular weight excluding hydrogens is 196 g/mol. The molecular formula is C14H26Si. The second kappa shape index (κ2) is 3.66. The fraction of sp³-hybridized carbons (Fsp3) is 0.857. The molecule has 0 aliphatic carbocycles. The van der Waals surface area contributed by atoms with Gasteiger partial charge in [0, 0.05) is 5.41 Å². The van der Waals surface area contributed by atoms with Crippen molar-refractivity contribution >= 4 is 8.07 Å². The van der Waals surface area contributed by atoms with E-state index in [0.29, 0.717) is 10.8 Å². The Balaban J connectivity index is 2.84. The lowest BCUT2D eigenvalue weighted by Crippen LogP contribution is -2.56. The lowest BCUT2D eigenvalue weighted by atomic mass is 9.78. The average Bonchev–Trinajstić information content (AvgIpc) is 1.98. The van der Waals surface area contributed by atoms with Gasteiger partial charge in [0.05, 0.1) is 8.07 Å². The van der Waals surface area contributed by atoms with Crippen LogP contribution in [0.3, 0.4) is 0 Å². The van der Waals surface area contributed by atoms with Crippen LogP contribution >= 0.6 is 0 Å². The summed E-state index contributed by atoms with van der Waals surface area (Å²) in [6.45, 7) is 16.5. The molecule has 0 spiro atoms. The molecule has 0 nitrogen and oxygen atoms in total. The third kappa shape index (κ3) is 2.66. The van der Waals surface area contributed by atoms with Crippen molar-refractivity contribution in [2.75, 3.05) is 0 Å². The van der Waals surface area contributed by atoms with Crippen molar-refractivity contribution in [1.29, 1.82) is 0 Å². The van der Waals surface area contributed by atoms with E-state index in [-0.39, 0.29) is 0 Å². The smallest absolute Gasteiger partial charge is 0.0535 e. The van der Waals surface area contributed by atoms with E-state index in [0.717, 1.165) is 5.54 Å². The highest BCUT2D eigenvalue weighted by Gasteiger charge is 2.56. The molecule has 1 saturated heterocycles. The van der Waals surface area contributed by atoms with Crippen molar-refractivity contribution in [3.8, 4) is 11.8 Å². The molecule has 15 heavy (non-hydrogen) atoms. The maximum atomic E-state index is 3.47. The van der Waals surface area contributed by atoms with Crippen LogP contribution < -0.4 is 0 Å². The van der Waals surface area contributed by atoms with Crippen LogP contribution in [-0.4, -0.2) is 8.07 Å². The van der Waals surface area contributed by atoms with Crippen LogP contribution in [0, 0.1) is 22.7 Å². The molecule has 0 N–H and O–H groups in total. The van der Waals surface area contributed by atoms with Gasteiger partial charge in [-0.2, -0.15) is 0 Å². The van der Waals surface area contributed by atoms with Gasteiger partial charge in [-0.1, -0.05) is 39.8 Å². The molecule has 1 heterocycles. The van der Waals surface area contributed by atoms with Gasteiger partial charge < -0.3 is 0 Å². The Bertz CT molecular complexity index is 298. The first-order chi connectivity index (χ1) is 6.61. The minimum absolute atomic E-state index is 0.331. The highest BCUT2D eigenvalue weighted by atomic mass is 28.3. The molecule has 0 bridgehead atoms. The van der Waals surface area contributed by atoms with Crippen LogP contribution in [0.2, 0.25) is 24.7 Å². The first-order valence-corrected chi connectivity index (χ1v) is 9.33. The summed E-state index contributed by atoms with van der Waals surface area (Å²) in [7, 11) is -0.965. The third-order valence-electron chi connectivity index (χ3n) is 3.76. The van der Waals surface area contributed by atoms with Gasteiger partial charge in [0.25, 0.3) is 0 Å². The Hall–Kier alpha value is -0.223. The first kappa shape index (κ1) is 12.8. The molecule has 0 aromatic rings. The minimum atomic E-state index is -0.965. The summed E-state index contributed by atoms with van der Waals surface area (Å²) in [4.78, 5) is 0. The average molecular weight is 222 g/mol. The van der Waals surface area contributed by atoms with Gasteiger partial charge >= 0.3 is 0 Å². The van der Waals surface area contributed by atoms with Crippen molar-refractivity contribution < 1.29 is 0 Å². The fourth-order valence-corrected chi connectivity index (χ4v) is 8.63. The highest BCUT2D eigenvalue weighted by Crippen LogP contribution is 2.61. The summed E-state index contributed by atoms with van der Waals surface area (Å²) in [6.07, 6.45) is 1.34. The van der Waals surface area contributed by atoms with E-state index >= 15 is 0 Å². The number of hydrogen-bond acceptors (Lipinski definition) is 0. The standard InChI is InChI=1S/C14H26Si/c1-8-9-14(5)11-15(6,7)12(14)10-13(2,3)4/h12H,10-11H2,1-7H3. The molecule has 1 fully saturated rings. The van der Waals surface area contributed by atoms with Gasteiger partial charge in [0.1, 0.15) is 0 Å². The van der Waals surface area contributed by atoms with Crippen LogP contribution in [-0.2, 0) is 0 Å². The minimum Gasteiger partial charge on any atom is -0.106 e. The lowest BCUT2D eigenvalue weighted by molar-refractivity contribution is 0.266. The Morgan fingerprint density at radius 2 is 1.87 bits per heavy atom. The molecule has 0 aromatic heterocycles. The van der Waals surface area contributed by atoms with Crippen LogP contribution in [0.4, 0.5) is 0 Å². The molecule has 0 saturated carbocycles. The topological polar surface area (TPSA) is 0 Å². The Labute approximate surface area is 96.9 Å². The zero-order valence-corrected chi connectivity index (χ0v) is 12.5. The summed E-state index contributed by atoms with van der Waals surface area (Å²) in [5, 5.41) is 0. The van der Waals surface area contributed by atoms with Gasteiger partial charge in [0.15, 0.2) is 0 Å². The fourth-order valence-electron chi connectivity index (χ4n) is 3.45. The highest BCUT2D eigenvalue weighted by molar-refractivity contribution is 6.82. The Morgan fingerprint density at radius 1 is 1.33 bits per heavy atom. The first-order valence-electron chi connectivity index (χ1n) is 6.05. The van der Waals surface area contributed by atoms with Gasteiger partial charge in [-0.15, -0.1) is 5.92 Å². The van der Waals surface area contributed by atoms with Gasteiger partial charge in [0.2, 0.25) is 0 Å². The SMILES string of the molecule is CC#CC1(C)C[Si](C)(C)C1CC(C)(C)C. The zero-order chi connectivity index (χ0) is 11.9. The molecule has 86 valence electrons. The van der Waals surface area contributed by atoms with E-state index < -0.39 is 8.07 Å². The summed E-state index contributed by atoms with van der Waals surface area (Å²) < 4.78 is 0. The monoisotopic (exact) mass is 222 g/mol. The van der Waals surface area contributed by atoms with Crippen molar-refractivity contribution in [3.63, 3.8) is 0 Å². The number of rotatable bonds is 1. The van der Waals surface area contributed by atoms with Crippen LogP contribution in [0.15, 0.2) is 0 Å². The summed E-state index contributed by atoms with van der Waals surface area (Å²) >= 11 is 0. The van der Waals surface area contributed by atoms with Crippen molar-refractivity contribution in [2.45, 2.75) is 65.7 Å². The van der Waals surface area contributed by atoms with Crippen LogP contribution in [0.25, 0.3) is 0 Å². The molecule has 1 heteroatoms. The second-order valence-electron chi connectivity index (χ2n) is 7.28. The molecule has 1 aliphatic rings. The molecule has 2 unspecified atom stereocenters. The van der Waals surface area contributed by atoms with Crippen molar-refractivity contribution in [3.05, 3.63) is 0 Å². The molecule has 0 radical (unpaired) electrons. The van der Waals surface area contributed by atoms with Gasteiger partial charge in [-0.25, -0.2) is 0 Å². The van der Waals surface area contributed by atoms with Gasteiger partial charge in [-0.05, 0) is 37.3 Å². The number of hydrogen-bond donors (Lipinski definition) is 0. The zero-order valence-electron chi connectivity index (χ0n) is 11.5. The largest absolute Gasteiger partial charge is 0.106 e. The van der Waals surface area contributed by atoms with E-state index in [9.17, 15) is 0 Å². The van der Waals surface area contributed by atoms with E-state index in [1.165, 1.54) is 12.5 Å². The maximum Gasteiger partial charge on any atom is 0.0535 e. The summed E-state index contributed by atoms with van der Waals surface area (Å²) in [6, 6.07) is 1.39. The maximum absolute atomic E-state index is 3.47. The quantitative estimate of drug-likeness (QED) is 0.451. The molecule has 0 aromatic carbocycles. The second-order valence-corrected chi connectivity index (χ2v) is 12.3. The predicted octanol–water partition coefficient (Wildman–Crippen LogP) is 4.54. The molecule has 1 rings (SSSR count). The van der Waals surface area contributed by atoms with E-state index in [1.807, 2.05) is 6.92 Å². The van der Waals surface area contributed by atoms with Crippen LogP contribution in [0.5, 0.6) is 0 Å². The Kier molecular flexibility index (Phi) is 3.14. The molecule has 0 amide bonds. The van der Waals surface area contributed by atoms with Crippen molar-refractivity contribution in [2.24, 2.45) is 10.8 Å². The van der Waals surface area contributed by atoms with E-state index in [1.54, 1.807) is 0 Å². The summed E-state index contributed by atoms with van der Waals surface area (Å²) in [5.74, 6) is 6.61. The predicted molar refractivity (Wildman–Crippen MR) is 71.7 cm³/mol. The lowest BCUT2D eigenvalue weighted by Gasteiger charge is -2.57. The van der Waals surface area contributed by atoms with Gasteiger partial charge in [-0.3, -0.25) is 0 Å². The van der Waals surface area contributed by atoms with Crippen LogP contribution in [0.1, 0.15) is 41.0 Å². The third-order valence-corrected chi connectivity index (χ3v) is 8.14. The van der Waals surface area contributed by atoms with Crippen molar-refractivity contribution in [1.82, 2.24) is 0 Å². The van der Waals surface area contributed by atoms with E-state index in [2.05, 4.69) is 52.6 Å². The molecule has 2 atom stereocenters. The molecule has 1 aliphatic heterocycles. The van der Waals surface area contributed by atoms with E-state index in [4.69, 9.17) is 0 Å².